The number of amides is 3. The Morgan fingerprint density at radius 3 is 2.88 bits per heavy atom. The molecule has 136 valence electrons. The van der Waals surface area contributed by atoms with Crippen LogP contribution in [0, 0.1) is 0 Å². The molecule has 0 radical (unpaired) electrons. The number of nitrogens with one attached hydrogen (secondary N) is 2. The molecule has 2 aliphatic heterocycles. The average Bonchev–Trinajstić information content (AvgIpc) is 3.09. The lowest BCUT2D eigenvalue weighted by Gasteiger charge is -2.33. The second kappa shape index (κ2) is 8.20. The van der Waals surface area contributed by atoms with Crippen LogP contribution in [-0.2, 0) is 9.53 Å². The molecule has 2 N–H and O–H groups in total. The summed E-state index contributed by atoms with van der Waals surface area (Å²) in [6, 6.07) is 7.27. The van der Waals surface area contributed by atoms with Crippen molar-refractivity contribution in [1.29, 1.82) is 0 Å². The first kappa shape index (κ1) is 17.5. The standard InChI is InChI=1S/C18H25N3O4/c1-13(22)19-14-5-4-9-21(11-14)18(23)20-16-6-2-3-7-17(16)25-15-8-10-24-12-15/h2-3,6-7,14-15H,4-5,8-12H2,1H3,(H,19,22)(H,20,23). The molecule has 1 aromatic rings. The van der Waals surface area contributed by atoms with E-state index in [-0.39, 0.29) is 24.1 Å². The van der Waals surface area contributed by atoms with E-state index in [1.165, 1.54) is 6.92 Å². The number of carbonyl (C=O) groups excluding carboxylic acids is 2. The number of anilines is 1. The zero-order valence-corrected chi connectivity index (χ0v) is 14.5. The number of piperidine rings is 1. The van der Waals surface area contributed by atoms with Gasteiger partial charge in [-0.25, -0.2) is 4.79 Å². The van der Waals surface area contributed by atoms with Crippen molar-refractivity contribution in [3.8, 4) is 5.75 Å². The van der Waals surface area contributed by atoms with E-state index in [2.05, 4.69) is 10.6 Å². The molecule has 2 fully saturated rings. The summed E-state index contributed by atoms with van der Waals surface area (Å²) in [5, 5.41) is 5.83. The number of benzene rings is 1. The van der Waals surface area contributed by atoms with Crippen molar-refractivity contribution in [2.75, 3.05) is 31.6 Å². The van der Waals surface area contributed by atoms with Crippen LogP contribution in [0.5, 0.6) is 5.75 Å². The van der Waals surface area contributed by atoms with Crippen LogP contribution in [0.3, 0.4) is 0 Å². The smallest absolute Gasteiger partial charge is 0.322 e. The van der Waals surface area contributed by atoms with Gasteiger partial charge in [0.15, 0.2) is 0 Å². The number of urea groups is 1. The summed E-state index contributed by atoms with van der Waals surface area (Å²) in [7, 11) is 0. The molecule has 0 spiro atoms. The molecule has 3 amide bonds. The second-order valence-corrected chi connectivity index (χ2v) is 6.52. The maximum atomic E-state index is 12.6. The Bertz CT molecular complexity index is 616. The minimum Gasteiger partial charge on any atom is -0.486 e. The zero-order chi connectivity index (χ0) is 17.6. The number of likely N-dealkylation sites (tertiary alicyclic amines) is 1. The molecule has 7 nitrogen and oxygen atoms in total. The molecule has 2 aliphatic rings. The Morgan fingerprint density at radius 2 is 2.12 bits per heavy atom. The minimum absolute atomic E-state index is 0.0131. The fourth-order valence-electron chi connectivity index (χ4n) is 3.22. The summed E-state index contributed by atoms with van der Waals surface area (Å²) in [6.45, 7) is 3.98. The van der Waals surface area contributed by atoms with Crippen molar-refractivity contribution in [3.05, 3.63) is 24.3 Å². The summed E-state index contributed by atoms with van der Waals surface area (Å²) in [5.74, 6) is 0.589. The molecule has 25 heavy (non-hydrogen) atoms. The van der Waals surface area contributed by atoms with Crippen molar-refractivity contribution in [2.24, 2.45) is 0 Å². The molecule has 1 aromatic carbocycles. The van der Waals surface area contributed by atoms with E-state index in [1.807, 2.05) is 24.3 Å². The quantitative estimate of drug-likeness (QED) is 0.873. The van der Waals surface area contributed by atoms with E-state index in [4.69, 9.17) is 9.47 Å². The van der Waals surface area contributed by atoms with E-state index >= 15 is 0 Å². The lowest BCUT2D eigenvalue weighted by molar-refractivity contribution is -0.119. The lowest BCUT2D eigenvalue weighted by atomic mass is 10.1. The van der Waals surface area contributed by atoms with E-state index in [1.54, 1.807) is 4.90 Å². The lowest BCUT2D eigenvalue weighted by Crippen LogP contribution is -2.50. The number of ether oxygens (including phenoxy) is 2. The van der Waals surface area contributed by atoms with Gasteiger partial charge in [0.05, 0.1) is 18.9 Å². The van der Waals surface area contributed by atoms with Gasteiger partial charge in [0, 0.05) is 32.5 Å². The Kier molecular flexibility index (Phi) is 5.75. The zero-order valence-electron chi connectivity index (χ0n) is 14.5. The summed E-state index contributed by atoms with van der Waals surface area (Å²) >= 11 is 0. The number of hydrogen-bond donors (Lipinski definition) is 2. The topological polar surface area (TPSA) is 79.9 Å². The van der Waals surface area contributed by atoms with Gasteiger partial charge in [0.1, 0.15) is 11.9 Å². The maximum Gasteiger partial charge on any atom is 0.322 e. The Hall–Kier alpha value is -2.28. The van der Waals surface area contributed by atoms with Crippen molar-refractivity contribution >= 4 is 17.6 Å². The highest BCUT2D eigenvalue weighted by Gasteiger charge is 2.25. The van der Waals surface area contributed by atoms with Crippen molar-refractivity contribution in [3.63, 3.8) is 0 Å². The predicted molar refractivity (Wildman–Crippen MR) is 93.7 cm³/mol. The highest BCUT2D eigenvalue weighted by molar-refractivity contribution is 5.91. The van der Waals surface area contributed by atoms with Crippen LogP contribution in [-0.4, -0.2) is 55.3 Å². The Morgan fingerprint density at radius 1 is 1.28 bits per heavy atom. The van der Waals surface area contributed by atoms with Crippen LogP contribution in [0.2, 0.25) is 0 Å². The highest BCUT2D eigenvalue weighted by atomic mass is 16.5. The summed E-state index contributed by atoms with van der Waals surface area (Å²) in [6.07, 6.45) is 2.64. The van der Waals surface area contributed by atoms with Crippen LogP contribution in [0.15, 0.2) is 24.3 Å². The van der Waals surface area contributed by atoms with Crippen LogP contribution in [0.25, 0.3) is 0 Å². The third-order valence-electron chi connectivity index (χ3n) is 4.43. The summed E-state index contributed by atoms with van der Waals surface area (Å²) in [5.41, 5.74) is 0.654. The first-order chi connectivity index (χ1) is 12.1. The first-order valence-electron chi connectivity index (χ1n) is 8.78. The van der Waals surface area contributed by atoms with Gasteiger partial charge >= 0.3 is 6.03 Å². The monoisotopic (exact) mass is 347 g/mol. The third-order valence-corrected chi connectivity index (χ3v) is 4.43. The molecule has 2 atom stereocenters. The summed E-state index contributed by atoms with van der Waals surface area (Å²) in [4.78, 5) is 25.6. The number of carbonyl (C=O) groups is 2. The molecule has 0 aliphatic carbocycles. The molecular weight excluding hydrogens is 322 g/mol. The first-order valence-corrected chi connectivity index (χ1v) is 8.78. The van der Waals surface area contributed by atoms with Gasteiger partial charge in [-0.15, -0.1) is 0 Å². The SMILES string of the molecule is CC(=O)NC1CCCN(C(=O)Nc2ccccc2OC2CCOC2)C1. The fraction of sp³-hybridized carbons (Fsp3) is 0.556. The van der Waals surface area contributed by atoms with Gasteiger partial charge in [0.25, 0.3) is 0 Å². The maximum absolute atomic E-state index is 12.6. The van der Waals surface area contributed by atoms with Crippen molar-refractivity contribution in [1.82, 2.24) is 10.2 Å². The normalized spacial score (nSPS) is 23.2. The van der Waals surface area contributed by atoms with Crippen LogP contribution in [0.1, 0.15) is 26.2 Å². The molecule has 2 unspecified atom stereocenters. The van der Waals surface area contributed by atoms with Gasteiger partial charge in [0.2, 0.25) is 5.91 Å². The molecule has 0 bridgehead atoms. The molecule has 2 saturated heterocycles. The number of para-hydroxylation sites is 2. The second-order valence-electron chi connectivity index (χ2n) is 6.52. The van der Waals surface area contributed by atoms with Crippen molar-refractivity contribution in [2.45, 2.75) is 38.3 Å². The third kappa shape index (κ3) is 4.85. The molecule has 0 aromatic heterocycles. The largest absolute Gasteiger partial charge is 0.486 e. The van der Waals surface area contributed by atoms with E-state index in [0.29, 0.717) is 37.7 Å². The number of hydrogen-bond acceptors (Lipinski definition) is 4. The number of nitrogens with zero attached hydrogens (tertiary/aromatic N) is 1. The van der Waals surface area contributed by atoms with Crippen molar-refractivity contribution < 1.29 is 19.1 Å². The van der Waals surface area contributed by atoms with Crippen LogP contribution >= 0.6 is 0 Å². The van der Waals surface area contributed by atoms with E-state index in [0.717, 1.165) is 19.3 Å². The number of rotatable bonds is 4. The van der Waals surface area contributed by atoms with Gasteiger partial charge in [-0.1, -0.05) is 12.1 Å². The van der Waals surface area contributed by atoms with Gasteiger partial charge < -0.3 is 25.0 Å². The van der Waals surface area contributed by atoms with Gasteiger partial charge in [-0.3, -0.25) is 4.79 Å². The van der Waals surface area contributed by atoms with Gasteiger partial charge in [-0.2, -0.15) is 0 Å². The molecular formula is C18H25N3O4. The molecule has 7 heteroatoms. The highest BCUT2D eigenvalue weighted by Crippen LogP contribution is 2.27. The van der Waals surface area contributed by atoms with Crippen LogP contribution < -0.4 is 15.4 Å². The molecule has 0 saturated carbocycles. The summed E-state index contributed by atoms with van der Waals surface area (Å²) < 4.78 is 11.3. The molecule has 3 rings (SSSR count). The van der Waals surface area contributed by atoms with Gasteiger partial charge in [-0.05, 0) is 25.0 Å². The fourth-order valence-corrected chi connectivity index (χ4v) is 3.22. The van der Waals surface area contributed by atoms with Crippen LogP contribution in [0.4, 0.5) is 10.5 Å². The average molecular weight is 347 g/mol. The Balaban J connectivity index is 1.61. The minimum atomic E-state index is -0.172. The molecule has 2 heterocycles. The van der Waals surface area contributed by atoms with E-state index in [9.17, 15) is 9.59 Å². The Labute approximate surface area is 147 Å². The van der Waals surface area contributed by atoms with E-state index < -0.39 is 0 Å². The predicted octanol–water partition coefficient (Wildman–Crippen LogP) is 1.99.